The zero-order chi connectivity index (χ0) is 17.1. The molecule has 0 saturated heterocycles. The van der Waals surface area contributed by atoms with Crippen LogP contribution in [0, 0.1) is 6.92 Å². The van der Waals surface area contributed by atoms with E-state index in [9.17, 15) is 4.79 Å². The Morgan fingerprint density at radius 3 is 2.83 bits per heavy atom. The molecular weight excluding hydrogens is 322 g/mol. The number of aromatic nitrogens is 1. The molecule has 3 rings (SSSR count). The van der Waals surface area contributed by atoms with Gasteiger partial charge < -0.3 is 15.8 Å². The number of ether oxygens (including phenoxy) is 1. The van der Waals surface area contributed by atoms with Crippen LogP contribution in [0.5, 0.6) is 0 Å². The predicted molar refractivity (Wildman–Crippen MR) is 97.8 cm³/mol. The second-order valence-electron chi connectivity index (χ2n) is 5.31. The van der Waals surface area contributed by atoms with E-state index in [1.807, 2.05) is 36.6 Å². The maximum atomic E-state index is 11.6. The van der Waals surface area contributed by atoms with Gasteiger partial charge in [-0.3, -0.25) is 0 Å². The summed E-state index contributed by atoms with van der Waals surface area (Å²) in [6.07, 6.45) is 0. The van der Waals surface area contributed by atoms with E-state index in [1.54, 1.807) is 18.2 Å². The number of nitrogen functional groups attached to an aromatic ring is 1. The van der Waals surface area contributed by atoms with Crippen LogP contribution in [-0.2, 0) is 4.74 Å². The third-order valence-corrected chi connectivity index (χ3v) is 4.37. The van der Waals surface area contributed by atoms with Gasteiger partial charge >= 0.3 is 5.97 Å². The van der Waals surface area contributed by atoms with Crippen LogP contribution in [-0.4, -0.2) is 18.1 Å². The lowest BCUT2D eigenvalue weighted by Gasteiger charge is -2.05. The van der Waals surface area contributed by atoms with E-state index in [0.29, 0.717) is 5.56 Å². The fraction of sp³-hybridized carbons (Fsp3) is 0.111. The van der Waals surface area contributed by atoms with Gasteiger partial charge in [-0.05, 0) is 36.8 Å². The second-order valence-corrected chi connectivity index (χ2v) is 6.16. The number of carbonyl (C=O) groups excluding carboxylic acids is 1. The summed E-state index contributed by atoms with van der Waals surface area (Å²) < 4.78 is 4.73. The van der Waals surface area contributed by atoms with Crippen molar-refractivity contribution in [3.05, 3.63) is 59.0 Å². The largest absolute Gasteiger partial charge is 0.465 e. The molecule has 0 atom stereocenters. The number of aryl methyl sites for hydroxylation is 1. The Kier molecular flexibility index (Phi) is 4.48. The summed E-state index contributed by atoms with van der Waals surface area (Å²) in [4.78, 5) is 16.2. The van der Waals surface area contributed by atoms with Crippen molar-refractivity contribution in [2.24, 2.45) is 0 Å². The second kappa shape index (κ2) is 6.72. The van der Waals surface area contributed by atoms with E-state index in [2.05, 4.69) is 10.3 Å². The van der Waals surface area contributed by atoms with E-state index < -0.39 is 0 Å². The van der Waals surface area contributed by atoms with E-state index in [4.69, 9.17) is 10.5 Å². The lowest BCUT2D eigenvalue weighted by Crippen LogP contribution is -2.01. The number of nitrogens with one attached hydrogen (secondary N) is 1. The standard InChI is InChI=1S/C18H17N3O2S/c1-11-6-7-12(9-15(11)19)16-10-24-18(21-16)20-14-5-3-4-13(8-14)17(22)23-2/h3-10H,19H2,1-2H3,(H,20,21). The molecule has 24 heavy (non-hydrogen) atoms. The topological polar surface area (TPSA) is 77.2 Å². The Balaban J connectivity index is 1.81. The molecule has 1 heterocycles. The van der Waals surface area contributed by atoms with Gasteiger partial charge in [0, 0.05) is 22.3 Å². The zero-order valence-electron chi connectivity index (χ0n) is 13.4. The minimum Gasteiger partial charge on any atom is -0.465 e. The molecule has 0 unspecified atom stereocenters. The minimum absolute atomic E-state index is 0.367. The van der Waals surface area contributed by atoms with Crippen molar-refractivity contribution in [2.45, 2.75) is 6.92 Å². The van der Waals surface area contributed by atoms with Crippen LogP contribution in [0.1, 0.15) is 15.9 Å². The highest BCUT2D eigenvalue weighted by Crippen LogP contribution is 2.29. The fourth-order valence-electron chi connectivity index (χ4n) is 2.23. The highest BCUT2D eigenvalue weighted by molar-refractivity contribution is 7.14. The number of hydrogen-bond acceptors (Lipinski definition) is 6. The van der Waals surface area contributed by atoms with E-state index >= 15 is 0 Å². The highest BCUT2D eigenvalue weighted by atomic mass is 32.1. The Hall–Kier alpha value is -2.86. The van der Waals surface area contributed by atoms with Crippen molar-refractivity contribution in [1.29, 1.82) is 0 Å². The lowest BCUT2D eigenvalue weighted by atomic mass is 10.1. The summed E-state index contributed by atoms with van der Waals surface area (Å²) in [5.74, 6) is -0.367. The maximum Gasteiger partial charge on any atom is 0.337 e. The van der Waals surface area contributed by atoms with Crippen LogP contribution >= 0.6 is 11.3 Å². The van der Waals surface area contributed by atoms with Gasteiger partial charge in [-0.25, -0.2) is 9.78 Å². The predicted octanol–water partition coefficient (Wildman–Crippen LogP) is 4.23. The van der Waals surface area contributed by atoms with Crippen molar-refractivity contribution < 1.29 is 9.53 Å². The van der Waals surface area contributed by atoms with Gasteiger partial charge in [0.05, 0.1) is 18.4 Å². The number of nitrogens with zero attached hydrogens (tertiary/aromatic N) is 1. The number of nitrogens with two attached hydrogens (primary N) is 1. The lowest BCUT2D eigenvalue weighted by molar-refractivity contribution is 0.0601. The molecule has 0 saturated carbocycles. The number of thiazole rings is 1. The number of carbonyl (C=O) groups is 1. The molecule has 0 spiro atoms. The third-order valence-electron chi connectivity index (χ3n) is 3.61. The van der Waals surface area contributed by atoms with E-state index in [0.717, 1.165) is 33.3 Å². The molecule has 122 valence electrons. The van der Waals surface area contributed by atoms with Crippen molar-refractivity contribution in [1.82, 2.24) is 4.98 Å². The first-order valence-electron chi connectivity index (χ1n) is 7.34. The number of methoxy groups -OCH3 is 1. The molecule has 0 fully saturated rings. The van der Waals surface area contributed by atoms with Crippen molar-refractivity contribution in [2.75, 3.05) is 18.2 Å². The van der Waals surface area contributed by atoms with Crippen LogP contribution in [0.25, 0.3) is 11.3 Å². The normalized spacial score (nSPS) is 10.4. The molecule has 6 heteroatoms. The van der Waals surface area contributed by atoms with E-state index in [1.165, 1.54) is 18.4 Å². The van der Waals surface area contributed by atoms with Crippen LogP contribution in [0.3, 0.4) is 0 Å². The van der Waals surface area contributed by atoms with Gasteiger partial charge in [0.25, 0.3) is 0 Å². The molecule has 3 aromatic rings. The summed E-state index contributed by atoms with van der Waals surface area (Å²) in [6, 6.07) is 13.0. The Labute approximate surface area is 144 Å². The van der Waals surface area contributed by atoms with Crippen molar-refractivity contribution in [3.63, 3.8) is 0 Å². The summed E-state index contributed by atoms with van der Waals surface area (Å²) in [5.41, 5.74) is 10.9. The fourth-order valence-corrected chi connectivity index (χ4v) is 2.97. The number of anilines is 3. The molecule has 0 aliphatic carbocycles. The molecule has 1 aromatic heterocycles. The Morgan fingerprint density at radius 1 is 1.25 bits per heavy atom. The average Bonchev–Trinajstić information content (AvgIpc) is 3.05. The van der Waals surface area contributed by atoms with Gasteiger partial charge in [0.2, 0.25) is 0 Å². The molecular formula is C18H17N3O2S. The minimum atomic E-state index is -0.367. The highest BCUT2D eigenvalue weighted by Gasteiger charge is 2.09. The summed E-state index contributed by atoms with van der Waals surface area (Å²) in [5, 5.41) is 5.92. The van der Waals surface area contributed by atoms with Crippen LogP contribution < -0.4 is 11.1 Å². The zero-order valence-corrected chi connectivity index (χ0v) is 14.2. The average molecular weight is 339 g/mol. The van der Waals surface area contributed by atoms with Crippen molar-refractivity contribution >= 4 is 33.8 Å². The molecule has 0 aliphatic heterocycles. The number of rotatable bonds is 4. The van der Waals surface area contributed by atoms with Crippen molar-refractivity contribution in [3.8, 4) is 11.3 Å². The maximum absolute atomic E-state index is 11.6. The SMILES string of the molecule is COC(=O)c1cccc(Nc2nc(-c3ccc(C)c(N)c3)cs2)c1. The Morgan fingerprint density at radius 2 is 2.08 bits per heavy atom. The smallest absolute Gasteiger partial charge is 0.337 e. The molecule has 2 aromatic carbocycles. The van der Waals surface area contributed by atoms with Gasteiger partial charge in [-0.2, -0.15) is 0 Å². The molecule has 0 amide bonds. The van der Waals surface area contributed by atoms with E-state index in [-0.39, 0.29) is 5.97 Å². The monoisotopic (exact) mass is 339 g/mol. The quantitative estimate of drug-likeness (QED) is 0.549. The van der Waals surface area contributed by atoms with Gasteiger partial charge in [0.1, 0.15) is 0 Å². The summed E-state index contributed by atoms with van der Waals surface area (Å²) >= 11 is 1.49. The van der Waals surface area contributed by atoms with Gasteiger partial charge in [0.15, 0.2) is 5.13 Å². The Bertz CT molecular complexity index is 889. The first-order chi connectivity index (χ1) is 11.6. The number of esters is 1. The van der Waals surface area contributed by atoms with Gasteiger partial charge in [-0.1, -0.05) is 18.2 Å². The van der Waals surface area contributed by atoms with Crippen LogP contribution in [0.2, 0.25) is 0 Å². The summed E-state index contributed by atoms with van der Waals surface area (Å²) in [6.45, 7) is 1.97. The molecule has 0 radical (unpaired) electrons. The molecule has 5 nitrogen and oxygen atoms in total. The van der Waals surface area contributed by atoms with Gasteiger partial charge in [-0.15, -0.1) is 11.3 Å². The van der Waals surface area contributed by atoms with Crippen LogP contribution in [0.15, 0.2) is 47.8 Å². The third kappa shape index (κ3) is 3.38. The molecule has 3 N–H and O–H groups in total. The van der Waals surface area contributed by atoms with Crippen LogP contribution in [0.4, 0.5) is 16.5 Å². The first-order valence-corrected chi connectivity index (χ1v) is 8.22. The molecule has 0 bridgehead atoms. The number of hydrogen-bond donors (Lipinski definition) is 2. The molecule has 0 aliphatic rings. The number of benzene rings is 2. The summed E-state index contributed by atoms with van der Waals surface area (Å²) in [7, 11) is 1.36. The first kappa shape index (κ1) is 16.0.